The van der Waals surface area contributed by atoms with Crippen LogP contribution in [0.4, 0.5) is 0 Å². The van der Waals surface area contributed by atoms with Crippen LogP contribution in [0.3, 0.4) is 0 Å². The average Bonchev–Trinajstić information content (AvgIpc) is 3.54. The van der Waals surface area contributed by atoms with Gasteiger partial charge in [0.2, 0.25) is 0 Å². The van der Waals surface area contributed by atoms with Gasteiger partial charge in [0.05, 0.1) is 16.7 Å². The third-order valence-corrected chi connectivity index (χ3v) is 10.0. The zero-order valence-electron chi connectivity index (χ0n) is 27.7. The molecule has 1 atom stereocenters. The molecule has 9 aromatic rings. The second-order valence-corrected chi connectivity index (χ2v) is 13.1. The number of hydrogen-bond donors (Lipinski definition) is 1. The lowest BCUT2D eigenvalue weighted by atomic mass is 9.97. The van der Waals surface area contributed by atoms with Gasteiger partial charge in [0, 0.05) is 27.3 Å². The Morgan fingerprint density at radius 1 is 0.451 bits per heavy atom. The molecular weight excluding hydrogens is 621 g/mol. The molecule has 1 N–H and O–H groups in total. The normalized spacial score (nSPS) is 14.5. The first-order chi connectivity index (χ1) is 25.3. The SMILES string of the molecule is c1ccc(C2N=C(c3ccc(-c4cccc5ccccc45)cc3)N=C(c3cc(-n4c5ccccc5c5ccccc54)c4ccccc4c3)N2)cc1. The van der Waals surface area contributed by atoms with Crippen LogP contribution in [0.5, 0.6) is 0 Å². The van der Waals surface area contributed by atoms with Crippen molar-refractivity contribution in [2.45, 2.75) is 6.17 Å². The smallest absolute Gasteiger partial charge is 0.159 e. The van der Waals surface area contributed by atoms with Crippen molar-refractivity contribution in [1.29, 1.82) is 0 Å². The first-order valence-corrected chi connectivity index (χ1v) is 17.4. The largest absolute Gasteiger partial charge is 0.344 e. The van der Waals surface area contributed by atoms with Crippen molar-refractivity contribution in [2.24, 2.45) is 9.98 Å². The molecule has 0 spiro atoms. The topological polar surface area (TPSA) is 41.7 Å². The zero-order chi connectivity index (χ0) is 33.7. The maximum absolute atomic E-state index is 5.25. The summed E-state index contributed by atoms with van der Waals surface area (Å²) in [6.07, 6.45) is -0.297. The highest BCUT2D eigenvalue weighted by atomic mass is 15.2. The van der Waals surface area contributed by atoms with Crippen molar-refractivity contribution in [3.05, 3.63) is 199 Å². The van der Waals surface area contributed by atoms with E-state index in [2.05, 4.69) is 186 Å². The summed E-state index contributed by atoms with van der Waals surface area (Å²) in [6.45, 7) is 0. The molecule has 1 aromatic heterocycles. The van der Waals surface area contributed by atoms with Crippen molar-refractivity contribution < 1.29 is 0 Å². The molecule has 0 fully saturated rings. The van der Waals surface area contributed by atoms with Gasteiger partial charge in [-0.3, -0.25) is 0 Å². The quantitative estimate of drug-likeness (QED) is 0.197. The number of amidine groups is 2. The number of aliphatic imine (C=N–C) groups is 2. The van der Waals surface area contributed by atoms with Gasteiger partial charge in [0.15, 0.2) is 5.84 Å². The van der Waals surface area contributed by atoms with Gasteiger partial charge < -0.3 is 9.88 Å². The molecule has 0 radical (unpaired) electrons. The molecule has 8 aromatic carbocycles. The lowest BCUT2D eigenvalue weighted by Crippen LogP contribution is -2.33. The Labute approximate surface area is 295 Å². The van der Waals surface area contributed by atoms with Crippen LogP contribution in [0.1, 0.15) is 22.9 Å². The summed E-state index contributed by atoms with van der Waals surface area (Å²) in [4.78, 5) is 10.4. The Balaban J connectivity index is 1.13. The Morgan fingerprint density at radius 2 is 1.04 bits per heavy atom. The Morgan fingerprint density at radius 3 is 1.78 bits per heavy atom. The number of rotatable bonds is 5. The first kappa shape index (κ1) is 29.2. The minimum atomic E-state index is -0.297. The van der Waals surface area contributed by atoms with Gasteiger partial charge in [-0.2, -0.15) is 0 Å². The van der Waals surface area contributed by atoms with Crippen LogP contribution in [0, 0.1) is 0 Å². The van der Waals surface area contributed by atoms with Gasteiger partial charge >= 0.3 is 0 Å². The molecule has 2 heterocycles. The molecule has 0 aliphatic carbocycles. The third kappa shape index (κ3) is 5.00. The van der Waals surface area contributed by atoms with Crippen LogP contribution in [0.25, 0.3) is 60.2 Å². The van der Waals surface area contributed by atoms with Crippen LogP contribution >= 0.6 is 0 Å². The molecule has 0 amide bonds. The Hall–Kier alpha value is -6.78. The van der Waals surface area contributed by atoms with Gasteiger partial charge in [0.1, 0.15) is 12.0 Å². The number of fused-ring (bicyclic) bond motifs is 5. The van der Waals surface area contributed by atoms with E-state index in [1.807, 2.05) is 6.07 Å². The van der Waals surface area contributed by atoms with E-state index in [4.69, 9.17) is 9.98 Å². The van der Waals surface area contributed by atoms with E-state index < -0.39 is 0 Å². The highest BCUT2D eigenvalue weighted by Crippen LogP contribution is 2.36. The minimum absolute atomic E-state index is 0.297. The van der Waals surface area contributed by atoms with Crippen molar-refractivity contribution in [1.82, 2.24) is 9.88 Å². The van der Waals surface area contributed by atoms with Crippen LogP contribution < -0.4 is 5.32 Å². The van der Waals surface area contributed by atoms with Gasteiger partial charge in [-0.1, -0.05) is 158 Å². The molecule has 51 heavy (non-hydrogen) atoms. The molecular formula is C47H32N4. The standard InChI is InChI=1S/C47H32N4/c1-2-14-33(15-3-1)45-48-46(34-27-25-32(26-28-34)38-22-12-17-31-13-4-6-18-37(31)38)50-47(49-45)36-29-35-16-5-7-19-39(35)44(30-36)51-42-23-10-8-20-40(42)41-21-9-11-24-43(41)51/h1-30,45H,(H,48,49,50). The number of benzene rings is 8. The fraction of sp³-hybridized carbons (Fsp3) is 0.0213. The molecule has 4 nitrogen and oxygen atoms in total. The van der Waals surface area contributed by atoms with Crippen LogP contribution in [-0.2, 0) is 0 Å². The lowest BCUT2D eigenvalue weighted by Gasteiger charge is -2.24. The highest BCUT2D eigenvalue weighted by Gasteiger charge is 2.23. The summed E-state index contributed by atoms with van der Waals surface area (Å²) in [5.41, 5.74) is 8.91. The van der Waals surface area contributed by atoms with E-state index in [0.717, 1.165) is 33.6 Å². The van der Waals surface area contributed by atoms with Crippen molar-refractivity contribution >= 4 is 55.0 Å². The van der Waals surface area contributed by atoms with Crippen molar-refractivity contribution in [2.75, 3.05) is 0 Å². The van der Waals surface area contributed by atoms with Gasteiger partial charge in [-0.25, -0.2) is 9.98 Å². The Kier molecular flexibility index (Phi) is 6.85. The molecule has 0 saturated carbocycles. The first-order valence-electron chi connectivity index (χ1n) is 17.4. The van der Waals surface area contributed by atoms with Crippen LogP contribution in [0.2, 0.25) is 0 Å². The fourth-order valence-electron chi connectivity index (χ4n) is 7.60. The van der Waals surface area contributed by atoms with Crippen molar-refractivity contribution in [3.63, 3.8) is 0 Å². The summed E-state index contributed by atoms with van der Waals surface area (Å²) in [7, 11) is 0. The van der Waals surface area contributed by atoms with Gasteiger partial charge in [-0.15, -0.1) is 0 Å². The monoisotopic (exact) mass is 652 g/mol. The van der Waals surface area contributed by atoms with E-state index >= 15 is 0 Å². The lowest BCUT2D eigenvalue weighted by molar-refractivity contribution is 0.674. The average molecular weight is 653 g/mol. The summed E-state index contributed by atoms with van der Waals surface area (Å²) >= 11 is 0. The minimum Gasteiger partial charge on any atom is -0.344 e. The predicted octanol–water partition coefficient (Wildman–Crippen LogP) is 11.3. The second-order valence-electron chi connectivity index (χ2n) is 13.1. The molecule has 0 saturated heterocycles. The predicted molar refractivity (Wildman–Crippen MR) is 213 cm³/mol. The van der Waals surface area contributed by atoms with E-state index in [-0.39, 0.29) is 6.17 Å². The molecule has 4 heteroatoms. The molecule has 0 bridgehead atoms. The maximum Gasteiger partial charge on any atom is 0.159 e. The molecule has 1 aliphatic heterocycles. The molecule has 1 unspecified atom stereocenters. The number of para-hydroxylation sites is 2. The van der Waals surface area contributed by atoms with E-state index in [0.29, 0.717) is 5.84 Å². The van der Waals surface area contributed by atoms with E-state index in [1.54, 1.807) is 0 Å². The summed E-state index contributed by atoms with van der Waals surface area (Å²) in [5.74, 6) is 1.49. The molecule has 1 aliphatic rings. The van der Waals surface area contributed by atoms with Gasteiger partial charge in [-0.05, 0) is 57.1 Å². The number of aromatic nitrogens is 1. The van der Waals surface area contributed by atoms with Crippen LogP contribution in [0.15, 0.2) is 192 Å². The highest BCUT2D eigenvalue weighted by molar-refractivity contribution is 6.16. The Bertz CT molecular complexity index is 2770. The van der Waals surface area contributed by atoms with E-state index in [1.165, 1.54) is 49.1 Å². The molecule has 10 rings (SSSR count). The molecule has 240 valence electrons. The second kappa shape index (κ2) is 12.0. The fourth-order valence-corrected chi connectivity index (χ4v) is 7.60. The summed E-state index contributed by atoms with van der Waals surface area (Å²) in [6, 6.07) is 64.6. The third-order valence-electron chi connectivity index (χ3n) is 10.0. The number of hydrogen-bond acceptors (Lipinski definition) is 3. The summed E-state index contributed by atoms with van der Waals surface area (Å²) < 4.78 is 2.40. The van der Waals surface area contributed by atoms with Crippen molar-refractivity contribution in [3.8, 4) is 16.8 Å². The summed E-state index contributed by atoms with van der Waals surface area (Å²) in [5, 5.41) is 11.0. The van der Waals surface area contributed by atoms with E-state index in [9.17, 15) is 0 Å². The number of nitrogens with zero attached hydrogens (tertiary/aromatic N) is 3. The maximum atomic E-state index is 5.25. The van der Waals surface area contributed by atoms with Gasteiger partial charge in [0.25, 0.3) is 0 Å². The van der Waals surface area contributed by atoms with Crippen LogP contribution in [-0.4, -0.2) is 16.2 Å². The zero-order valence-corrected chi connectivity index (χ0v) is 27.7. The number of nitrogens with one attached hydrogen (secondary N) is 1.